The van der Waals surface area contributed by atoms with Crippen molar-refractivity contribution < 1.29 is 23.8 Å². The highest BCUT2D eigenvalue weighted by molar-refractivity contribution is 5.84. The molecule has 2 atom stereocenters. The van der Waals surface area contributed by atoms with Crippen LogP contribution in [0.4, 0.5) is 4.79 Å². The molecule has 3 rings (SSSR count). The molecule has 136 valence electrons. The lowest BCUT2D eigenvalue weighted by Crippen LogP contribution is -2.51. The zero-order valence-corrected chi connectivity index (χ0v) is 14.6. The van der Waals surface area contributed by atoms with Crippen molar-refractivity contribution in [3.8, 4) is 11.5 Å². The van der Waals surface area contributed by atoms with E-state index in [0.29, 0.717) is 38.4 Å². The zero-order chi connectivity index (χ0) is 17.8. The van der Waals surface area contributed by atoms with Crippen molar-refractivity contribution in [3.05, 3.63) is 24.3 Å². The summed E-state index contributed by atoms with van der Waals surface area (Å²) in [5.74, 6) is 1.06. The summed E-state index contributed by atoms with van der Waals surface area (Å²) in [6.45, 7) is 3.82. The van der Waals surface area contributed by atoms with Gasteiger partial charge in [0, 0.05) is 13.1 Å². The number of methoxy groups -OCH3 is 1. The van der Waals surface area contributed by atoms with E-state index >= 15 is 0 Å². The van der Waals surface area contributed by atoms with Crippen molar-refractivity contribution in [1.29, 1.82) is 0 Å². The number of carbonyl (C=O) groups excluding carboxylic acids is 2. The number of hydrogen-bond acceptors (Lipinski definition) is 5. The highest BCUT2D eigenvalue weighted by atomic mass is 16.6. The fourth-order valence-corrected chi connectivity index (χ4v) is 3.30. The number of hydrogen-bond donors (Lipinski definition) is 0. The van der Waals surface area contributed by atoms with Gasteiger partial charge in [-0.2, -0.15) is 0 Å². The molecule has 0 aromatic heterocycles. The summed E-state index contributed by atoms with van der Waals surface area (Å²) in [4.78, 5) is 28.1. The number of benzene rings is 1. The minimum atomic E-state index is -0.490. The molecular formula is C18H24N2O5. The molecule has 7 heteroatoms. The fourth-order valence-electron chi connectivity index (χ4n) is 3.30. The Bertz CT molecular complexity index is 636. The van der Waals surface area contributed by atoms with Gasteiger partial charge in [0.25, 0.3) is 0 Å². The number of ether oxygens (including phenoxy) is 3. The molecule has 2 aliphatic heterocycles. The molecular weight excluding hydrogens is 324 g/mol. The first-order valence-electron chi connectivity index (χ1n) is 8.66. The van der Waals surface area contributed by atoms with Crippen LogP contribution in [0, 0.1) is 0 Å². The Kier molecular flexibility index (Phi) is 5.31. The van der Waals surface area contributed by atoms with Gasteiger partial charge < -0.3 is 24.0 Å². The van der Waals surface area contributed by atoms with Crippen molar-refractivity contribution in [2.45, 2.75) is 31.9 Å². The normalized spacial score (nSPS) is 21.8. The number of urea groups is 1. The molecule has 0 aliphatic carbocycles. The van der Waals surface area contributed by atoms with Gasteiger partial charge in [-0.3, -0.25) is 0 Å². The SMILES string of the molecule is CCN(CC1COc2ccccc2O1)C(=O)N1CCCC1C(=O)OC. The molecule has 0 spiro atoms. The summed E-state index contributed by atoms with van der Waals surface area (Å²) in [6.07, 6.45) is 1.21. The van der Waals surface area contributed by atoms with Crippen molar-refractivity contribution in [1.82, 2.24) is 9.80 Å². The topological polar surface area (TPSA) is 68.3 Å². The second-order valence-corrected chi connectivity index (χ2v) is 6.19. The van der Waals surface area contributed by atoms with Crippen LogP contribution in [-0.2, 0) is 9.53 Å². The third-order valence-corrected chi connectivity index (χ3v) is 4.62. The van der Waals surface area contributed by atoms with Gasteiger partial charge in [0.05, 0.1) is 13.7 Å². The van der Waals surface area contributed by atoms with Gasteiger partial charge in [0.15, 0.2) is 17.6 Å². The Labute approximate surface area is 147 Å². The van der Waals surface area contributed by atoms with Crippen LogP contribution in [0.15, 0.2) is 24.3 Å². The monoisotopic (exact) mass is 348 g/mol. The van der Waals surface area contributed by atoms with Crippen LogP contribution < -0.4 is 9.47 Å². The average molecular weight is 348 g/mol. The van der Waals surface area contributed by atoms with E-state index in [0.717, 1.165) is 12.2 Å². The lowest BCUT2D eigenvalue weighted by Gasteiger charge is -2.34. The standard InChI is InChI=1S/C18H24N2O5/c1-3-19(18(22)20-10-6-7-14(20)17(21)23-2)11-13-12-24-15-8-4-5-9-16(15)25-13/h4-5,8-9,13-14H,3,6-7,10-12H2,1-2H3. The van der Waals surface area contributed by atoms with Gasteiger partial charge >= 0.3 is 12.0 Å². The number of likely N-dealkylation sites (tertiary alicyclic amines) is 1. The van der Waals surface area contributed by atoms with E-state index < -0.39 is 6.04 Å². The Morgan fingerprint density at radius 2 is 2.08 bits per heavy atom. The third-order valence-electron chi connectivity index (χ3n) is 4.62. The summed E-state index contributed by atoms with van der Waals surface area (Å²) in [5.41, 5.74) is 0. The highest BCUT2D eigenvalue weighted by Crippen LogP contribution is 2.31. The summed E-state index contributed by atoms with van der Waals surface area (Å²) in [6, 6.07) is 6.85. The van der Waals surface area contributed by atoms with Crippen molar-refractivity contribution in [2.75, 3.05) is 33.4 Å². The highest BCUT2D eigenvalue weighted by Gasteiger charge is 2.37. The summed E-state index contributed by atoms with van der Waals surface area (Å²) < 4.78 is 16.5. The third kappa shape index (κ3) is 3.65. The lowest BCUT2D eigenvalue weighted by atomic mass is 10.2. The van der Waals surface area contributed by atoms with Gasteiger partial charge in [-0.1, -0.05) is 12.1 Å². The first kappa shape index (κ1) is 17.4. The second kappa shape index (κ2) is 7.63. The summed E-state index contributed by atoms with van der Waals surface area (Å²) >= 11 is 0. The number of rotatable bonds is 4. The maximum atomic E-state index is 12.9. The zero-order valence-electron chi connectivity index (χ0n) is 14.6. The smallest absolute Gasteiger partial charge is 0.328 e. The minimum Gasteiger partial charge on any atom is -0.486 e. The van der Waals surface area contributed by atoms with E-state index in [-0.39, 0.29) is 18.1 Å². The molecule has 1 fully saturated rings. The van der Waals surface area contributed by atoms with Crippen LogP contribution in [0.2, 0.25) is 0 Å². The van der Waals surface area contributed by atoms with Crippen LogP contribution in [0.3, 0.4) is 0 Å². The van der Waals surface area contributed by atoms with Crippen LogP contribution >= 0.6 is 0 Å². The molecule has 25 heavy (non-hydrogen) atoms. The first-order chi connectivity index (χ1) is 12.1. The minimum absolute atomic E-state index is 0.155. The second-order valence-electron chi connectivity index (χ2n) is 6.19. The Balaban J connectivity index is 1.64. The summed E-state index contributed by atoms with van der Waals surface area (Å²) in [7, 11) is 1.35. The van der Waals surface area contributed by atoms with Gasteiger partial charge in [0.2, 0.25) is 0 Å². The molecule has 1 aromatic carbocycles. The van der Waals surface area contributed by atoms with Crippen molar-refractivity contribution >= 4 is 12.0 Å². The molecule has 2 amide bonds. The predicted molar refractivity (Wildman–Crippen MR) is 90.7 cm³/mol. The molecule has 2 heterocycles. The molecule has 0 radical (unpaired) electrons. The molecule has 7 nitrogen and oxygen atoms in total. The Morgan fingerprint density at radius 1 is 1.32 bits per heavy atom. The number of esters is 1. The number of amides is 2. The first-order valence-corrected chi connectivity index (χ1v) is 8.66. The summed E-state index contributed by atoms with van der Waals surface area (Å²) in [5, 5.41) is 0. The van der Waals surface area contributed by atoms with Gasteiger partial charge in [-0.25, -0.2) is 9.59 Å². The van der Waals surface area contributed by atoms with E-state index in [1.165, 1.54) is 7.11 Å². The van der Waals surface area contributed by atoms with E-state index in [1.54, 1.807) is 9.80 Å². The fraction of sp³-hybridized carbons (Fsp3) is 0.556. The van der Waals surface area contributed by atoms with E-state index in [1.807, 2.05) is 31.2 Å². The van der Waals surface area contributed by atoms with Crippen LogP contribution in [-0.4, -0.2) is 67.3 Å². The maximum Gasteiger partial charge on any atom is 0.328 e. The number of para-hydroxylation sites is 2. The van der Waals surface area contributed by atoms with E-state index in [9.17, 15) is 9.59 Å². The molecule has 2 unspecified atom stereocenters. The molecule has 0 N–H and O–H groups in total. The van der Waals surface area contributed by atoms with Gasteiger partial charge in [0.1, 0.15) is 12.6 Å². The van der Waals surface area contributed by atoms with E-state index in [2.05, 4.69) is 0 Å². The molecule has 0 bridgehead atoms. The van der Waals surface area contributed by atoms with E-state index in [4.69, 9.17) is 14.2 Å². The Hall–Kier alpha value is -2.44. The molecule has 2 aliphatic rings. The van der Waals surface area contributed by atoms with Crippen LogP contribution in [0.5, 0.6) is 11.5 Å². The van der Waals surface area contributed by atoms with Crippen LogP contribution in [0.25, 0.3) is 0 Å². The number of fused-ring (bicyclic) bond motifs is 1. The molecule has 1 saturated heterocycles. The average Bonchev–Trinajstić information content (AvgIpc) is 3.14. The maximum absolute atomic E-state index is 12.9. The quantitative estimate of drug-likeness (QED) is 0.778. The number of likely N-dealkylation sites (N-methyl/N-ethyl adjacent to an activating group) is 1. The lowest BCUT2D eigenvalue weighted by molar-refractivity contribution is -0.145. The largest absolute Gasteiger partial charge is 0.486 e. The molecule has 0 saturated carbocycles. The van der Waals surface area contributed by atoms with Crippen molar-refractivity contribution in [3.63, 3.8) is 0 Å². The van der Waals surface area contributed by atoms with Crippen molar-refractivity contribution in [2.24, 2.45) is 0 Å². The number of nitrogens with zero attached hydrogens (tertiary/aromatic N) is 2. The predicted octanol–water partition coefficient (Wildman–Crippen LogP) is 1.91. The van der Waals surface area contributed by atoms with Gasteiger partial charge in [-0.15, -0.1) is 0 Å². The number of carbonyl (C=O) groups is 2. The van der Waals surface area contributed by atoms with Crippen LogP contribution in [0.1, 0.15) is 19.8 Å². The Morgan fingerprint density at radius 3 is 2.80 bits per heavy atom. The van der Waals surface area contributed by atoms with Gasteiger partial charge in [-0.05, 0) is 31.9 Å². The molecule has 1 aromatic rings.